The van der Waals surface area contributed by atoms with Crippen molar-refractivity contribution in [3.8, 4) is 11.1 Å². The Balaban J connectivity index is 0.871. The van der Waals surface area contributed by atoms with Crippen LogP contribution in [-0.2, 0) is 0 Å². The highest BCUT2D eigenvalue weighted by Gasteiger charge is 2.49. The predicted octanol–water partition coefficient (Wildman–Crippen LogP) is 15.7. The molecule has 5 atom stereocenters. The molecule has 0 radical (unpaired) electrons. The molecule has 0 aliphatic heterocycles. The zero-order valence-electron chi connectivity index (χ0n) is 39.1. The summed E-state index contributed by atoms with van der Waals surface area (Å²) in [5, 5.41) is 8.28. The second-order valence-electron chi connectivity index (χ2n) is 20.2. The largest absolute Gasteiger partial charge is 0.313 e. The molecule has 7 aliphatic carbocycles. The fourth-order valence-corrected chi connectivity index (χ4v) is 15.9. The van der Waals surface area contributed by atoms with Gasteiger partial charge in [0.1, 0.15) is 0 Å². The van der Waals surface area contributed by atoms with Gasteiger partial charge in [0, 0.05) is 51.9 Å². The molecule has 0 saturated heterocycles. The second-order valence-corrected chi connectivity index (χ2v) is 22.4. The Kier molecular flexibility index (Phi) is 9.12. The molecule has 70 heavy (non-hydrogen) atoms. The van der Waals surface area contributed by atoms with E-state index in [1.54, 1.807) is 5.57 Å². The van der Waals surface area contributed by atoms with E-state index in [-0.39, 0.29) is 23.7 Å². The lowest BCUT2D eigenvalue weighted by molar-refractivity contribution is 0.605. The molecule has 0 spiro atoms. The van der Waals surface area contributed by atoms with Crippen molar-refractivity contribution in [2.45, 2.75) is 56.3 Å². The standard InChI is InChI=1S/C66H50N3P/c1-40-16-14-29-55-63(40)68-65(43-32-37-47(38-33-43)70(45-18-4-2-5-19-45)46-20-6-3-7-21-46)64(67-55)42-30-35-44(36-31-42)69-56-39-34-41-17-8-9-22-48(41)58(56)62-61-54-28-15-27-50-49-23-10-11-24-51(49)59(57(50)54)60(61)52-25-12-13-26-53(52)66(62)69/h2-15,17-30,32,34-37,39-40,42,52-53,59H,16,31,33,38H2,1H3. The van der Waals surface area contributed by atoms with Crippen LogP contribution in [0.3, 0.4) is 0 Å². The van der Waals surface area contributed by atoms with Gasteiger partial charge in [-0.05, 0) is 123 Å². The smallest absolute Gasteiger partial charge is 0.0887 e. The van der Waals surface area contributed by atoms with E-state index >= 15 is 0 Å². The lowest BCUT2D eigenvalue weighted by atomic mass is 9.69. The minimum Gasteiger partial charge on any atom is -0.313 e. The van der Waals surface area contributed by atoms with Gasteiger partial charge >= 0.3 is 0 Å². The normalized spacial score (nSPS) is 22.1. The Morgan fingerprint density at radius 1 is 0.629 bits per heavy atom. The van der Waals surface area contributed by atoms with E-state index in [1.165, 1.54) is 93.5 Å². The molecule has 0 amide bonds. The highest BCUT2D eigenvalue weighted by atomic mass is 31.1. The average Bonchev–Trinajstić information content (AvgIpc) is 4.09. The lowest BCUT2D eigenvalue weighted by Gasteiger charge is -2.36. The van der Waals surface area contributed by atoms with Crippen LogP contribution in [0.5, 0.6) is 0 Å². The summed E-state index contributed by atoms with van der Waals surface area (Å²) >= 11 is 0. The summed E-state index contributed by atoms with van der Waals surface area (Å²) in [6.07, 6.45) is 30.1. The van der Waals surface area contributed by atoms with Gasteiger partial charge in [0.15, 0.2) is 0 Å². The molecule has 0 N–H and O–H groups in total. The van der Waals surface area contributed by atoms with Gasteiger partial charge in [0.25, 0.3) is 0 Å². The highest BCUT2D eigenvalue weighted by Crippen LogP contribution is 2.65. The summed E-state index contributed by atoms with van der Waals surface area (Å²) in [6.45, 7) is 2.30. The Morgan fingerprint density at radius 2 is 1.39 bits per heavy atom. The average molecular weight is 916 g/mol. The molecular formula is C66H50N3P. The highest BCUT2D eigenvalue weighted by molar-refractivity contribution is 7.76. The van der Waals surface area contributed by atoms with Gasteiger partial charge in [-0.3, -0.25) is 0 Å². The van der Waals surface area contributed by atoms with Crippen molar-refractivity contribution in [1.82, 2.24) is 14.5 Å². The van der Waals surface area contributed by atoms with Crippen LogP contribution in [0.4, 0.5) is 0 Å². The van der Waals surface area contributed by atoms with Crippen molar-refractivity contribution < 1.29 is 0 Å². The van der Waals surface area contributed by atoms with Crippen LogP contribution in [0, 0.1) is 5.92 Å². The summed E-state index contributed by atoms with van der Waals surface area (Å²) in [5.74, 6) is 1.13. The van der Waals surface area contributed by atoms with Gasteiger partial charge in [-0.2, -0.15) is 0 Å². The van der Waals surface area contributed by atoms with Crippen molar-refractivity contribution in [2.75, 3.05) is 0 Å². The van der Waals surface area contributed by atoms with Gasteiger partial charge < -0.3 is 4.57 Å². The van der Waals surface area contributed by atoms with Crippen LogP contribution in [0.2, 0.25) is 0 Å². The van der Waals surface area contributed by atoms with E-state index in [4.69, 9.17) is 9.97 Å². The van der Waals surface area contributed by atoms with Gasteiger partial charge in [0.2, 0.25) is 0 Å². The van der Waals surface area contributed by atoms with Crippen LogP contribution in [0.25, 0.3) is 55.7 Å². The van der Waals surface area contributed by atoms with Crippen molar-refractivity contribution in [3.05, 3.63) is 262 Å². The number of allylic oxidation sites excluding steroid dienone is 14. The van der Waals surface area contributed by atoms with Gasteiger partial charge in [-0.25, -0.2) is 9.97 Å². The third-order valence-electron chi connectivity index (χ3n) is 16.4. The third-order valence-corrected chi connectivity index (χ3v) is 19.0. The van der Waals surface area contributed by atoms with E-state index in [0.717, 1.165) is 48.5 Å². The number of nitrogens with zero attached hydrogens (tertiary/aromatic N) is 3. The summed E-state index contributed by atoms with van der Waals surface area (Å²) in [4.78, 5) is 11.2. The van der Waals surface area contributed by atoms with Crippen LogP contribution in [-0.4, -0.2) is 14.5 Å². The monoisotopic (exact) mass is 915 g/mol. The number of aromatic nitrogens is 3. The van der Waals surface area contributed by atoms with E-state index in [2.05, 4.69) is 218 Å². The molecular weight excluding hydrogens is 866 g/mol. The molecule has 15 rings (SSSR count). The SMILES string of the molecule is CC1CC=Cc2nc(C3C=CC(n4c5c(c6c7ccccc7ccc64)C4=C(C6c7ccccc7-c7cccc4c76)C4C=CC=CC54)=CC3)c(C3=CC=C(P(c4ccccc4)c4ccccc4)CC3)nc21. The zero-order chi connectivity index (χ0) is 46.0. The first-order chi connectivity index (χ1) is 34.7. The van der Waals surface area contributed by atoms with E-state index in [0.29, 0.717) is 5.92 Å². The summed E-state index contributed by atoms with van der Waals surface area (Å²) in [5.41, 5.74) is 21.2. The maximum Gasteiger partial charge on any atom is 0.0887 e. The number of hydrogen-bond donors (Lipinski definition) is 0. The minimum atomic E-state index is -0.635. The maximum absolute atomic E-state index is 5.62. The Labute approximate surface area is 410 Å². The van der Waals surface area contributed by atoms with Crippen LogP contribution in [0.15, 0.2) is 211 Å². The maximum atomic E-state index is 5.62. The van der Waals surface area contributed by atoms with Crippen LogP contribution >= 0.6 is 7.92 Å². The summed E-state index contributed by atoms with van der Waals surface area (Å²) < 4.78 is 2.66. The third kappa shape index (κ3) is 5.91. The number of benzene rings is 6. The molecule has 0 bridgehead atoms. The fourth-order valence-electron chi connectivity index (χ4n) is 13.4. The molecule has 334 valence electrons. The predicted molar refractivity (Wildman–Crippen MR) is 293 cm³/mol. The Morgan fingerprint density at radius 3 is 2.19 bits per heavy atom. The van der Waals surface area contributed by atoms with Crippen molar-refractivity contribution in [1.29, 1.82) is 0 Å². The topological polar surface area (TPSA) is 30.7 Å². The van der Waals surface area contributed by atoms with Crippen LogP contribution in [0.1, 0.15) is 107 Å². The lowest BCUT2D eigenvalue weighted by Crippen LogP contribution is -2.24. The molecule has 4 heteroatoms. The molecule has 8 aromatic rings. The Bertz CT molecular complexity index is 3780. The molecule has 5 unspecified atom stereocenters. The summed E-state index contributed by atoms with van der Waals surface area (Å²) in [6, 6.07) is 52.2. The molecule has 6 aromatic carbocycles. The molecule has 0 fully saturated rings. The van der Waals surface area contributed by atoms with Crippen molar-refractivity contribution in [2.24, 2.45) is 5.92 Å². The molecule has 0 saturated carbocycles. The number of hydrogen-bond acceptors (Lipinski definition) is 2. The first kappa shape index (κ1) is 40.4. The minimum absolute atomic E-state index is 0.0936. The van der Waals surface area contributed by atoms with Gasteiger partial charge in [-0.1, -0.05) is 195 Å². The molecule has 2 heterocycles. The van der Waals surface area contributed by atoms with Crippen molar-refractivity contribution in [3.63, 3.8) is 0 Å². The van der Waals surface area contributed by atoms with Gasteiger partial charge in [0.05, 0.1) is 28.3 Å². The first-order valence-corrected chi connectivity index (χ1v) is 26.7. The fraction of sp³-hybridized carbons (Fsp3) is 0.152. The van der Waals surface area contributed by atoms with E-state index in [9.17, 15) is 0 Å². The molecule has 2 aromatic heterocycles. The Hall–Kier alpha value is -7.45. The summed E-state index contributed by atoms with van der Waals surface area (Å²) in [7, 11) is -0.635. The molecule has 7 aliphatic rings. The first-order valence-electron chi connectivity index (χ1n) is 25.3. The van der Waals surface area contributed by atoms with Crippen LogP contribution < -0.4 is 10.6 Å². The van der Waals surface area contributed by atoms with Crippen molar-refractivity contribution >= 4 is 63.1 Å². The quantitative estimate of drug-likeness (QED) is 0.156. The van der Waals surface area contributed by atoms with E-state index in [1.807, 2.05) is 0 Å². The second kappa shape index (κ2) is 15.8. The van der Waals surface area contributed by atoms with E-state index < -0.39 is 7.92 Å². The zero-order valence-corrected chi connectivity index (χ0v) is 40.0. The number of fused-ring (bicyclic) bond motifs is 15. The molecule has 3 nitrogen and oxygen atoms in total. The van der Waals surface area contributed by atoms with Gasteiger partial charge in [-0.15, -0.1) is 0 Å². The number of rotatable bonds is 6.